The molecule has 0 bridgehead atoms. The topological polar surface area (TPSA) is 38.1 Å². The highest BCUT2D eigenvalue weighted by molar-refractivity contribution is 5.97. The summed E-state index contributed by atoms with van der Waals surface area (Å²) in [4.78, 5) is 19.7. The summed E-state index contributed by atoms with van der Waals surface area (Å²) in [6.45, 7) is 1.86. The van der Waals surface area contributed by atoms with E-state index in [2.05, 4.69) is 29.6 Å². The van der Waals surface area contributed by atoms with E-state index in [1.54, 1.807) is 6.07 Å². The molecule has 25 heavy (non-hydrogen) atoms. The molecule has 2 aromatic carbocycles. The van der Waals surface area contributed by atoms with Crippen LogP contribution in [-0.2, 0) is 6.54 Å². The Morgan fingerprint density at radius 3 is 2.52 bits per heavy atom. The SMILES string of the molecule is CN(C)CCCn1c2cc(=O)c3ccccc3c-2nc2ccccc21. The Morgan fingerprint density at radius 2 is 1.72 bits per heavy atom. The average Bonchev–Trinajstić information content (AvgIpc) is 2.62. The lowest BCUT2D eigenvalue weighted by Crippen LogP contribution is -2.17. The number of aromatic nitrogens is 2. The van der Waals surface area contributed by atoms with Crippen LogP contribution in [0.2, 0.25) is 0 Å². The summed E-state index contributed by atoms with van der Waals surface area (Å²) >= 11 is 0. The van der Waals surface area contributed by atoms with Gasteiger partial charge in [0.05, 0.1) is 22.4 Å². The van der Waals surface area contributed by atoms with Crippen LogP contribution in [0.15, 0.2) is 59.4 Å². The molecule has 1 aliphatic heterocycles. The summed E-state index contributed by atoms with van der Waals surface area (Å²) in [5, 5.41) is 1.66. The molecule has 0 N–H and O–H groups in total. The van der Waals surface area contributed by atoms with E-state index < -0.39 is 0 Å². The quantitative estimate of drug-likeness (QED) is 0.423. The molecule has 2 aromatic rings. The number of para-hydroxylation sites is 2. The Morgan fingerprint density at radius 1 is 1.00 bits per heavy atom. The van der Waals surface area contributed by atoms with Crippen LogP contribution >= 0.6 is 0 Å². The third kappa shape index (κ3) is 2.79. The molecule has 0 radical (unpaired) electrons. The largest absolute Gasteiger partial charge is 0.338 e. The maximum absolute atomic E-state index is 12.6. The normalized spacial score (nSPS) is 11.8. The molecule has 0 fully saturated rings. The van der Waals surface area contributed by atoms with Gasteiger partial charge < -0.3 is 9.47 Å². The van der Waals surface area contributed by atoms with Gasteiger partial charge in [0.1, 0.15) is 0 Å². The molecule has 2 aliphatic rings. The van der Waals surface area contributed by atoms with Gasteiger partial charge in [-0.2, -0.15) is 0 Å². The summed E-state index contributed by atoms with van der Waals surface area (Å²) in [7, 11) is 4.16. The van der Waals surface area contributed by atoms with E-state index in [1.165, 1.54) is 0 Å². The Kier molecular flexibility index (Phi) is 3.98. The first-order valence-corrected chi connectivity index (χ1v) is 8.61. The van der Waals surface area contributed by atoms with E-state index in [9.17, 15) is 4.79 Å². The smallest absolute Gasteiger partial charge is 0.188 e. The molecule has 4 nitrogen and oxygen atoms in total. The van der Waals surface area contributed by atoms with Gasteiger partial charge in [-0.1, -0.05) is 36.4 Å². The summed E-state index contributed by atoms with van der Waals surface area (Å²) in [6, 6.07) is 17.6. The van der Waals surface area contributed by atoms with Crippen molar-refractivity contribution in [2.75, 3.05) is 20.6 Å². The molecule has 0 amide bonds. The zero-order valence-corrected chi connectivity index (χ0v) is 14.6. The highest BCUT2D eigenvalue weighted by Gasteiger charge is 2.17. The third-order valence-electron chi connectivity index (χ3n) is 4.64. The Hall–Kier alpha value is -2.72. The van der Waals surface area contributed by atoms with Gasteiger partial charge in [-0.3, -0.25) is 4.79 Å². The van der Waals surface area contributed by atoms with Gasteiger partial charge in [-0.05, 0) is 39.2 Å². The van der Waals surface area contributed by atoms with Crippen LogP contribution in [0.4, 0.5) is 0 Å². The van der Waals surface area contributed by atoms with E-state index in [-0.39, 0.29) is 5.43 Å². The fourth-order valence-electron chi connectivity index (χ4n) is 3.46. The van der Waals surface area contributed by atoms with Crippen LogP contribution < -0.4 is 5.43 Å². The molecular weight excluding hydrogens is 310 g/mol. The first kappa shape index (κ1) is 15.8. The molecule has 126 valence electrons. The van der Waals surface area contributed by atoms with Crippen molar-refractivity contribution in [2.45, 2.75) is 13.0 Å². The Balaban J connectivity index is 2.02. The van der Waals surface area contributed by atoms with Gasteiger partial charge in [0, 0.05) is 23.4 Å². The predicted molar refractivity (Wildman–Crippen MR) is 103 cm³/mol. The maximum atomic E-state index is 12.6. The van der Waals surface area contributed by atoms with Gasteiger partial charge in [-0.15, -0.1) is 0 Å². The number of hydrogen-bond donors (Lipinski definition) is 0. The number of fused-ring (bicyclic) bond motifs is 4. The van der Waals surface area contributed by atoms with Crippen molar-refractivity contribution in [3.8, 4) is 11.4 Å². The average molecular weight is 331 g/mol. The van der Waals surface area contributed by atoms with Crippen molar-refractivity contribution in [1.29, 1.82) is 0 Å². The number of aryl methyl sites for hydroxylation is 1. The molecule has 0 aromatic heterocycles. The molecule has 0 spiro atoms. The minimum absolute atomic E-state index is 0.0570. The predicted octanol–water partition coefficient (Wildman–Crippen LogP) is 3.61. The molecule has 4 rings (SSSR count). The second kappa shape index (κ2) is 6.30. The van der Waals surface area contributed by atoms with Crippen LogP contribution in [0.1, 0.15) is 6.42 Å². The van der Waals surface area contributed by atoms with Gasteiger partial charge in [0.2, 0.25) is 0 Å². The molecule has 1 heterocycles. The number of hydrogen-bond acceptors (Lipinski definition) is 3. The number of nitrogens with zero attached hydrogens (tertiary/aromatic N) is 3. The van der Waals surface area contributed by atoms with Gasteiger partial charge in [0.15, 0.2) is 5.43 Å². The lowest BCUT2D eigenvalue weighted by molar-refractivity contribution is 0.388. The Labute approximate surface area is 146 Å². The van der Waals surface area contributed by atoms with Crippen molar-refractivity contribution >= 4 is 21.8 Å². The van der Waals surface area contributed by atoms with Crippen molar-refractivity contribution in [2.24, 2.45) is 0 Å². The molecule has 0 saturated carbocycles. The summed E-state index contributed by atoms with van der Waals surface area (Å²) in [5.74, 6) is 0. The van der Waals surface area contributed by atoms with Crippen LogP contribution in [-0.4, -0.2) is 35.1 Å². The molecule has 0 saturated heterocycles. The highest BCUT2D eigenvalue weighted by Crippen LogP contribution is 2.30. The van der Waals surface area contributed by atoms with E-state index in [1.807, 2.05) is 42.5 Å². The summed E-state index contributed by atoms with van der Waals surface area (Å²) in [5.41, 5.74) is 3.91. The molecule has 4 heteroatoms. The fourth-order valence-corrected chi connectivity index (χ4v) is 3.46. The summed E-state index contributed by atoms with van der Waals surface area (Å²) < 4.78 is 2.25. The lowest BCUT2D eigenvalue weighted by Gasteiger charge is -2.20. The minimum atomic E-state index is 0.0570. The molecular formula is C21H21N3O. The first-order chi connectivity index (χ1) is 12.1. The number of rotatable bonds is 4. The van der Waals surface area contributed by atoms with Gasteiger partial charge in [-0.25, -0.2) is 4.98 Å². The van der Waals surface area contributed by atoms with Crippen LogP contribution in [0, 0.1) is 0 Å². The third-order valence-corrected chi connectivity index (χ3v) is 4.64. The maximum Gasteiger partial charge on any atom is 0.188 e. The molecule has 0 atom stereocenters. The minimum Gasteiger partial charge on any atom is -0.338 e. The lowest BCUT2D eigenvalue weighted by atomic mass is 10.0. The summed E-state index contributed by atoms with van der Waals surface area (Å²) in [6.07, 6.45) is 1.02. The van der Waals surface area contributed by atoms with Crippen molar-refractivity contribution < 1.29 is 0 Å². The van der Waals surface area contributed by atoms with E-state index in [0.29, 0.717) is 0 Å². The van der Waals surface area contributed by atoms with Crippen LogP contribution in [0.5, 0.6) is 0 Å². The van der Waals surface area contributed by atoms with Crippen LogP contribution in [0.25, 0.3) is 33.2 Å². The molecule has 1 aliphatic carbocycles. The van der Waals surface area contributed by atoms with Gasteiger partial charge in [0.25, 0.3) is 0 Å². The van der Waals surface area contributed by atoms with Crippen molar-refractivity contribution in [3.05, 3.63) is 64.8 Å². The van der Waals surface area contributed by atoms with Gasteiger partial charge >= 0.3 is 0 Å². The zero-order chi connectivity index (χ0) is 17.4. The fraction of sp³-hybridized carbons (Fsp3) is 0.238. The van der Waals surface area contributed by atoms with E-state index in [4.69, 9.17) is 4.98 Å². The van der Waals surface area contributed by atoms with E-state index in [0.717, 1.165) is 52.7 Å². The monoisotopic (exact) mass is 331 g/mol. The second-order valence-electron chi connectivity index (χ2n) is 6.70. The second-order valence-corrected chi connectivity index (χ2v) is 6.70. The highest BCUT2D eigenvalue weighted by atomic mass is 16.1. The van der Waals surface area contributed by atoms with Crippen molar-refractivity contribution in [1.82, 2.24) is 14.5 Å². The van der Waals surface area contributed by atoms with Crippen molar-refractivity contribution in [3.63, 3.8) is 0 Å². The zero-order valence-electron chi connectivity index (χ0n) is 14.6. The van der Waals surface area contributed by atoms with Crippen LogP contribution in [0.3, 0.4) is 0 Å². The standard InChI is InChI=1S/C21H21N3O/c1-23(2)12-7-13-24-18-11-6-5-10-17(18)22-21-16-9-4-3-8-15(16)20(25)14-19(21)24/h3-6,8-11,14H,7,12-13H2,1-2H3. The first-order valence-electron chi connectivity index (χ1n) is 8.61. The molecule has 0 unspecified atom stereocenters. The van der Waals surface area contributed by atoms with E-state index >= 15 is 0 Å². The number of benzene rings is 3. The Bertz CT molecular complexity index is 1080.